The Hall–Kier alpha value is -3.00. The summed E-state index contributed by atoms with van der Waals surface area (Å²) in [6.07, 6.45) is 0.325. The fourth-order valence-electron chi connectivity index (χ4n) is 5.46. The van der Waals surface area contributed by atoms with Crippen LogP contribution in [0, 0.1) is 17.8 Å². The molecule has 0 bridgehead atoms. The number of hydrogen-bond donors (Lipinski definition) is 2. The second-order valence-corrected chi connectivity index (χ2v) is 10.2. The molecule has 0 aromatic heterocycles. The van der Waals surface area contributed by atoms with Crippen LogP contribution < -0.4 is 5.32 Å². The average Bonchev–Trinajstić information content (AvgIpc) is 3.50. The number of fused-ring (bicyclic) bond motifs is 4. The fourth-order valence-corrected chi connectivity index (χ4v) is 6.20. The number of benzene rings is 2. The minimum Gasteiger partial charge on any atom is -0.481 e. The number of carbonyl (C=O) groups excluding carboxylic acids is 2. The Labute approximate surface area is 202 Å². The van der Waals surface area contributed by atoms with Crippen LogP contribution in [0.25, 0.3) is 11.1 Å². The van der Waals surface area contributed by atoms with E-state index in [2.05, 4.69) is 29.6 Å². The number of rotatable bonds is 8. The maximum atomic E-state index is 12.4. The summed E-state index contributed by atoms with van der Waals surface area (Å²) in [7, 11) is 0. The number of alkyl carbamates (subject to hydrolysis) is 1. The minimum absolute atomic E-state index is 0.0291. The van der Waals surface area contributed by atoms with Crippen LogP contribution in [0.2, 0.25) is 0 Å². The Morgan fingerprint density at radius 1 is 1.03 bits per heavy atom. The van der Waals surface area contributed by atoms with Crippen molar-refractivity contribution in [3.63, 3.8) is 0 Å². The van der Waals surface area contributed by atoms with E-state index in [-0.39, 0.29) is 36.2 Å². The van der Waals surface area contributed by atoms with Crippen molar-refractivity contribution in [2.24, 2.45) is 17.8 Å². The molecular weight excluding hydrogens is 452 g/mol. The van der Waals surface area contributed by atoms with Crippen molar-refractivity contribution in [1.82, 2.24) is 10.2 Å². The number of carboxylic acids is 1. The maximum absolute atomic E-state index is 12.4. The number of piperidine rings is 1. The summed E-state index contributed by atoms with van der Waals surface area (Å²) >= 11 is 1.47. The number of carbonyl (C=O) groups is 3. The molecule has 7 nitrogen and oxygen atoms in total. The zero-order valence-corrected chi connectivity index (χ0v) is 19.6. The minimum atomic E-state index is -0.738. The van der Waals surface area contributed by atoms with Crippen molar-refractivity contribution in [2.75, 3.05) is 37.7 Å². The van der Waals surface area contributed by atoms with Crippen LogP contribution in [0.1, 0.15) is 23.5 Å². The topological polar surface area (TPSA) is 95.9 Å². The van der Waals surface area contributed by atoms with Gasteiger partial charge in [-0.05, 0) is 40.5 Å². The summed E-state index contributed by atoms with van der Waals surface area (Å²) in [5.41, 5.74) is 4.74. The van der Waals surface area contributed by atoms with Crippen LogP contribution in [0.15, 0.2) is 48.5 Å². The van der Waals surface area contributed by atoms with Gasteiger partial charge in [-0.15, -0.1) is 0 Å². The van der Waals surface area contributed by atoms with E-state index < -0.39 is 12.1 Å². The molecule has 2 aromatic carbocycles. The molecule has 0 radical (unpaired) electrons. The van der Waals surface area contributed by atoms with Crippen molar-refractivity contribution in [2.45, 2.75) is 12.3 Å². The lowest BCUT2D eigenvalue weighted by Crippen LogP contribution is -2.38. The van der Waals surface area contributed by atoms with Crippen LogP contribution in [0.5, 0.6) is 0 Å². The van der Waals surface area contributed by atoms with Crippen molar-refractivity contribution in [1.29, 1.82) is 0 Å². The van der Waals surface area contributed by atoms with E-state index >= 15 is 0 Å². The quantitative estimate of drug-likeness (QED) is 0.562. The van der Waals surface area contributed by atoms with Crippen LogP contribution in [-0.2, 0) is 14.3 Å². The van der Waals surface area contributed by atoms with Crippen LogP contribution >= 0.6 is 11.8 Å². The number of nitrogens with zero attached hydrogens (tertiary/aromatic N) is 1. The molecule has 2 N–H and O–H groups in total. The molecule has 2 aliphatic carbocycles. The van der Waals surface area contributed by atoms with Gasteiger partial charge in [-0.25, -0.2) is 4.79 Å². The second-order valence-electron chi connectivity index (χ2n) is 9.13. The normalized spacial score (nSPS) is 22.4. The van der Waals surface area contributed by atoms with E-state index in [1.54, 1.807) is 4.90 Å². The molecule has 1 saturated heterocycles. The molecule has 1 unspecified atom stereocenters. The summed E-state index contributed by atoms with van der Waals surface area (Å²) in [6.45, 7) is 1.89. The molecule has 1 aliphatic heterocycles. The van der Waals surface area contributed by atoms with E-state index in [0.717, 1.165) is 6.42 Å². The summed E-state index contributed by atoms with van der Waals surface area (Å²) in [6, 6.07) is 16.4. The van der Waals surface area contributed by atoms with Gasteiger partial charge >= 0.3 is 12.1 Å². The van der Waals surface area contributed by atoms with Crippen molar-refractivity contribution < 1.29 is 24.2 Å². The monoisotopic (exact) mass is 480 g/mol. The Kier molecular flexibility index (Phi) is 6.50. The molecule has 2 amide bonds. The van der Waals surface area contributed by atoms with Gasteiger partial charge in [0.1, 0.15) is 6.61 Å². The molecule has 2 fully saturated rings. The number of thioether (sulfide) groups is 1. The fraction of sp³-hybridized carbons (Fsp3) is 0.423. The Bertz CT molecular complexity index is 1060. The van der Waals surface area contributed by atoms with Gasteiger partial charge in [0.15, 0.2) is 0 Å². The van der Waals surface area contributed by atoms with Crippen LogP contribution in [0.4, 0.5) is 4.79 Å². The first-order chi connectivity index (χ1) is 16.5. The number of nitrogens with one attached hydrogen (secondary N) is 1. The third-order valence-electron chi connectivity index (χ3n) is 7.22. The number of ether oxygens (including phenoxy) is 1. The zero-order valence-electron chi connectivity index (χ0n) is 18.8. The third kappa shape index (κ3) is 4.51. The summed E-state index contributed by atoms with van der Waals surface area (Å²) in [5, 5.41) is 12.0. The van der Waals surface area contributed by atoms with Crippen molar-refractivity contribution >= 4 is 29.7 Å². The van der Waals surface area contributed by atoms with E-state index in [0.29, 0.717) is 31.1 Å². The van der Waals surface area contributed by atoms with E-state index in [9.17, 15) is 19.5 Å². The smallest absolute Gasteiger partial charge is 0.407 e. The lowest BCUT2D eigenvalue weighted by atomic mass is 9.98. The number of amides is 2. The van der Waals surface area contributed by atoms with Crippen molar-refractivity contribution in [3.05, 3.63) is 59.7 Å². The Balaban J connectivity index is 1.01. The molecular formula is C26H28N2O5S. The molecule has 5 rings (SSSR count). The molecule has 1 saturated carbocycles. The first-order valence-electron chi connectivity index (χ1n) is 11.7. The van der Waals surface area contributed by atoms with Gasteiger partial charge in [0.25, 0.3) is 0 Å². The highest BCUT2D eigenvalue weighted by atomic mass is 32.2. The zero-order chi connectivity index (χ0) is 23.7. The van der Waals surface area contributed by atoms with E-state index in [4.69, 9.17) is 4.74 Å². The Morgan fingerprint density at radius 2 is 1.71 bits per heavy atom. The lowest BCUT2D eigenvalue weighted by Gasteiger charge is -2.26. The van der Waals surface area contributed by atoms with Gasteiger partial charge in [0, 0.05) is 31.3 Å². The maximum Gasteiger partial charge on any atom is 0.407 e. The van der Waals surface area contributed by atoms with Gasteiger partial charge in [0.05, 0.1) is 11.7 Å². The van der Waals surface area contributed by atoms with Crippen LogP contribution in [-0.4, -0.2) is 65.7 Å². The highest BCUT2D eigenvalue weighted by Crippen LogP contribution is 2.51. The number of aliphatic carboxylic acids is 1. The molecule has 0 spiro atoms. The van der Waals surface area contributed by atoms with Gasteiger partial charge in [0.2, 0.25) is 5.91 Å². The largest absolute Gasteiger partial charge is 0.481 e. The van der Waals surface area contributed by atoms with E-state index in [1.165, 1.54) is 34.0 Å². The molecule has 8 heteroatoms. The van der Waals surface area contributed by atoms with Gasteiger partial charge in [-0.1, -0.05) is 48.5 Å². The number of likely N-dealkylation sites (tertiary alicyclic amines) is 1. The predicted octanol–water partition coefficient (Wildman–Crippen LogP) is 3.44. The van der Waals surface area contributed by atoms with Crippen molar-refractivity contribution in [3.8, 4) is 11.1 Å². The third-order valence-corrected chi connectivity index (χ3v) is 8.16. The SMILES string of the molecule is O=C(NCCSCC(=O)N1CC[C@H]2C(C(=O)O)[C@H]2C1)OCC1c2ccccc2-c2ccccc21. The summed E-state index contributed by atoms with van der Waals surface area (Å²) in [4.78, 5) is 37.6. The molecule has 34 heavy (non-hydrogen) atoms. The van der Waals surface area contributed by atoms with Gasteiger partial charge in [-0.3, -0.25) is 9.59 Å². The van der Waals surface area contributed by atoms with Gasteiger partial charge < -0.3 is 20.1 Å². The highest BCUT2D eigenvalue weighted by Gasteiger charge is 2.57. The first kappa shape index (κ1) is 22.8. The number of hydrogen-bond acceptors (Lipinski definition) is 5. The highest BCUT2D eigenvalue weighted by molar-refractivity contribution is 7.99. The summed E-state index contributed by atoms with van der Waals surface area (Å²) < 4.78 is 5.53. The van der Waals surface area contributed by atoms with Gasteiger partial charge in [-0.2, -0.15) is 11.8 Å². The predicted molar refractivity (Wildman–Crippen MR) is 130 cm³/mol. The molecule has 2 aromatic rings. The average molecular weight is 481 g/mol. The standard InChI is InChI=1S/C26H28N2O5S/c29-23(28-11-9-20-21(13-28)24(20)25(30)31)15-34-12-10-27-26(32)33-14-22-18-7-3-1-5-16(18)17-6-2-4-8-19(17)22/h1-8,20-22,24H,9-15H2,(H,27,32)(H,30,31)/t20-,21+,24?/m1/s1. The number of carboxylic acid groups (broad SMARTS) is 1. The molecule has 3 aliphatic rings. The van der Waals surface area contributed by atoms with E-state index in [1.807, 2.05) is 24.3 Å². The first-order valence-corrected chi connectivity index (χ1v) is 12.9. The van der Waals surface area contributed by atoms with Crippen LogP contribution in [0.3, 0.4) is 0 Å². The Morgan fingerprint density at radius 3 is 2.38 bits per heavy atom. The molecule has 178 valence electrons. The molecule has 1 heterocycles. The summed E-state index contributed by atoms with van der Waals surface area (Å²) in [5.74, 6) is 0.368. The lowest BCUT2D eigenvalue weighted by molar-refractivity contribution is -0.139. The molecule has 3 atom stereocenters. The second kappa shape index (κ2) is 9.70.